The summed E-state index contributed by atoms with van der Waals surface area (Å²) in [5.41, 5.74) is 7.17. The van der Waals surface area contributed by atoms with Crippen molar-refractivity contribution >= 4 is 29.2 Å². The molecular weight excluding hydrogens is 399 g/mol. The zero-order valence-corrected chi connectivity index (χ0v) is 15.8. The Morgan fingerprint density at radius 2 is 2.17 bits per heavy atom. The third kappa shape index (κ3) is 3.79. The van der Waals surface area contributed by atoms with E-state index < -0.39 is 11.7 Å². The molecule has 0 aliphatic carbocycles. The van der Waals surface area contributed by atoms with Gasteiger partial charge in [-0.05, 0) is 35.9 Å². The molecule has 0 fully saturated rings. The second kappa shape index (κ2) is 7.56. The Hall–Kier alpha value is -3.39. The molecule has 7 nitrogen and oxygen atoms in total. The van der Waals surface area contributed by atoms with E-state index in [0.717, 1.165) is 5.56 Å². The molecule has 148 valence electrons. The number of aromatic nitrogens is 2. The highest BCUT2D eigenvalue weighted by atomic mass is 35.5. The van der Waals surface area contributed by atoms with E-state index in [0.29, 0.717) is 22.9 Å². The number of nitrogens with zero attached hydrogens (tertiary/aromatic N) is 2. The average Bonchev–Trinajstić information content (AvgIpc) is 3.12. The minimum Gasteiger partial charge on any atom is -0.484 e. The number of rotatable bonds is 5. The number of ether oxygens (including phenoxy) is 1. The van der Waals surface area contributed by atoms with Crippen LogP contribution in [0.4, 0.5) is 10.2 Å². The van der Waals surface area contributed by atoms with E-state index in [4.69, 9.17) is 22.1 Å². The summed E-state index contributed by atoms with van der Waals surface area (Å²) >= 11 is 5.89. The molecule has 0 spiro atoms. The molecule has 3 aromatic rings. The van der Waals surface area contributed by atoms with Crippen LogP contribution in [-0.2, 0) is 9.59 Å². The van der Waals surface area contributed by atoms with Crippen molar-refractivity contribution in [3.63, 3.8) is 0 Å². The summed E-state index contributed by atoms with van der Waals surface area (Å²) in [7, 11) is 0. The number of primary amides is 1. The molecule has 2 heterocycles. The van der Waals surface area contributed by atoms with E-state index >= 15 is 0 Å². The topological polar surface area (TPSA) is 99.2 Å². The van der Waals surface area contributed by atoms with Gasteiger partial charge in [-0.2, -0.15) is 0 Å². The van der Waals surface area contributed by atoms with E-state index in [9.17, 15) is 14.0 Å². The summed E-state index contributed by atoms with van der Waals surface area (Å²) in [6.45, 7) is -0.236. The SMILES string of the molecule is NC(=O)COc1cccc([C@@H]2CC(=O)Nc3c2ncn3-c2ccc(F)c(Cl)c2)c1. The van der Waals surface area contributed by atoms with E-state index in [1.807, 2.05) is 6.07 Å². The Kier molecular flexibility index (Phi) is 4.94. The van der Waals surface area contributed by atoms with Crippen LogP contribution in [0.1, 0.15) is 23.6 Å². The molecule has 0 unspecified atom stereocenters. The average molecular weight is 415 g/mol. The number of nitrogens with two attached hydrogens (primary N) is 1. The van der Waals surface area contributed by atoms with Gasteiger partial charge < -0.3 is 15.8 Å². The first-order valence-corrected chi connectivity index (χ1v) is 9.13. The van der Waals surface area contributed by atoms with Crippen LogP contribution in [-0.4, -0.2) is 28.0 Å². The summed E-state index contributed by atoms with van der Waals surface area (Å²) in [6, 6.07) is 11.4. The number of benzene rings is 2. The first-order valence-electron chi connectivity index (χ1n) is 8.76. The summed E-state index contributed by atoms with van der Waals surface area (Å²) in [5.74, 6) is -0.629. The van der Waals surface area contributed by atoms with E-state index in [1.165, 1.54) is 12.1 Å². The Balaban J connectivity index is 1.71. The minimum atomic E-state index is -0.577. The zero-order chi connectivity index (χ0) is 20.5. The lowest BCUT2D eigenvalue weighted by Crippen LogP contribution is -2.25. The Labute approximate surface area is 170 Å². The first kappa shape index (κ1) is 18.9. The standard InChI is InChI=1S/C20H16ClFN4O3/c21-15-7-12(4-5-16(15)22)26-10-24-19-14(8-18(28)25-20(19)26)11-2-1-3-13(6-11)29-9-17(23)27/h1-7,10,14H,8-9H2,(H2,23,27)(H,25,28)/t14-/m0/s1. The maximum absolute atomic E-state index is 13.5. The summed E-state index contributed by atoms with van der Waals surface area (Å²) in [4.78, 5) is 27.8. The lowest BCUT2D eigenvalue weighted by Gasteiger charge is -2.23. The molecule has 2 amide bonds. The molecule has 9 heteroatoms. The third-order valence-electron chi connectivity index (χ3n) is 4.60. The predicted octanol–water partition coefficient (Wildman–Crippen LogP) is 3.00. The van der Waals surface area contributed by atoms with Crippen LogP contribution in [0.5, 0.6) is 5.75 Å². The van der Waals surface area contributed by atoms with Gasteiger partial charge in [-0.1, -0.05) is 23.7 Å². The van der Waals surface area contributed by atoms with Gasteiger partial charge in [-0.25, -0.2) is 9.37 Å². The summed E-state index contributed by atoms with van der Waals surface area (Å²) in [6.07, 6.45) is 1.76. The van der Waals surface area contributed by atoms with Crippen molar-refractivity contribution in [3.8, 4) is 11.4 Å². The first-order chi connectivity index (χ1) is 13.9. The number of carbonyl (C=O) groups is 2. The van der Waals surface area contributed by atoms with Crippen LogP contribution in [0.15, 0.2) is 48.8 Å². The number of halogens is 2. The Bertz CT molecular complexity index is 1110. The normalized spacial score (nSPS) is 15.5. The van der Waals surface area contributed by atoms with Crippen LogP contribution in [0, 0.1) is 5.82 Å². The smallest absolute Gasteiger partial charge is 0.255 e. The minimum absolute atomic E-state index is 0.0251. The summed E-state index contributed by atoms with van der Waals surface area (Å²) in [5, 5.41) is 2.80. The monoisotopic (exact) mass is 414 g/mol. The van der Waals surface area contributed by atoms with E-state index in [-0.39, 0.29) is 29.9 Å². The van der Waals surface area contributed by atoms with Crippen molar-refractivity contribution in [2.75, 3.05) is 11.9 Å². The van der Waals surface area contributed by atoms with E-state index in [2.05, 4.69) is 10.3 Å². The van der Waals surface area contributed by atoms with Crippen LogP contribution in [0.3, 0.4) is 0 Å². The fraction of sp³-hybridized carbons (Fsp3) is 0.150. The number of imidazole rings is 1. The van der Waals surface area contributed by atoms with Crippen LogP contribution < -0.4 is 15.8 Å². The number of nitrogens with one attached hydrogen (secondary N) is 1. The Morgan fingerprint density at radius 1 is 1.34 bits per heavy atom. The highest BCUT2D eigenvalue weighted by Gasteiger charge is 2.31. The molecule has 0 bridgehead atoms. The van der Waals surface area contributed by atoms with Crippen molar-refractivity contribution in [1.82, 2.24) is 9.55 Å². The largest absolute Gasteiger partial charge is 0.484 e. The molecule has 1 aromatic heterocycles. The third-order valence-corrected chi connectivity index (χ3v) is 4.89. The number of hydrogen-bond donors (Lipinski definition) is 2. The van der Waals surface area contributed by atoms with Crippen molar-refractivity contribution < 1.29 is 18.7 Å². The molecule has 2 aromatic carbocycles. The molecule has 1 aliphatic rings. The molecule has 1 atom stereocenters. The van der Waals surface area contributed by atoms with Crippen molar-refractivity contribution in [2.24, 2.45) is 5.73 Å². The van der Waals surface area contributed by atoms with Gasteiger partial charge in [0.1, 0.15) is 23.7 Å². The maximum atomic E-state index is 13.5. The predicted molar refractivity (Wildman–Crippen MR) is 105 cm³/mol. The number of fused-ring (bicyclic) bond motifs is 1. The number of amides is 2. The molecular formula is C20H16ClFN4O3. The van der Waals surface area contributed by atoms with Crippen molar-refractivity contribution in [3.05, 3.63) is 70.9 Å². The Morgan fingerprint density at radius 3 is 2.93 bits per heavy atom. The van der Waals surface area contributed by atoms with Gasteiger partial charge in [0.15, 0.2) is 6.61 Å². The lowest BCUT2D eigenvalue weighted by atomic mass is 9.89. The fourth-order valence-corrected chi connectivity index (χ4v) is 3.46. The molecule has 1 aliphatic heterocycles. The molecule has 0 saturated carbocycles. The van der Waals surface area contributed by atoms with Gasteiger partial charge in [-0.3, -0.25) is 14.2 Å². The van der Waals surface area contributed by atoms with Gasteiger partial charge >= 0.3 is 0 Å². The number of carbonyl (C=O) groups excluding carboxylic acids is 2. The summed E-state index contributed by atoms with van der Waals surface area (Å²) < 4.78 is 20.5. The van der Waals surface area contributed by atoms with Crippen molar-refractivity contribution in [2.45, 2.75) is 12.3 Å². The zero-order valence-electron chi connectivity index (χ0n) is 15.1. The molecule has 3 N–H and O–H groups in total. The van der Waals surface area contributed by atoms with E-state index in [1.54, 1.807) is 35.2 Å². The molecule has 29 heavy (non-hydrogen) atoms. The van der Waals surface area contributed by atoms with Crippen molar-refractivity contribution in [1.29, 1.82) is 0 Å². The highest BCUT2D eigenvalue weighted by Crippen LogP contribution is 2.38. The number of hydrogen-bond acceptors (Lipinski definition) is 4. The van der Waals surface area contributed by atoms with Gasteiger partial charge in [0.2, 0.25) is 5.91 Å². The molecule has 0 radical (unpaired) electrons. The quantitative estimate of drug-likeness (QED) is 0.670. The molecule has 4 rings (SSSR count). The van der Waals surface area contributed by atoms with Gasteiger partial charge in [0.05, 0.1) is 16.4 Å². The van der Waals surface area contributed by atoms with Gasteiger partial charge in [0.25, 0.3) is 5.91 Å². The second-order valence-electron chi connectivity index (χ2n) is 6.58. The van der Waals surface area contributed by atoms with Crippen LogP contribution in [0.25, 0.3) is 5.69 Å². The van der Waals surface area contributed by atoms with Crippen LogP contribution >= 0.6 is 11.6 Å². The second-order valence-corrected chi connectivity index (χ2v) is 6.99. The number of anilines is 1. The van der Waals surface area contributed by atoms with Gasteiger partial charge in [-0.15, -0.1) is 0 Å². The highest BCUT2D eigenvalue weighted by molar-refractivity contribution is 6.30. The fourth-order valence-electron chi connectivity index (χ4n) is 3.29. The maximum Gasteiger partial charge on any atom is 0.255 e. The lowest BCUT2D eigenvalue weighted by molar-refractivity contribution is -0.120. The molecule has 0 saturated heterocycles. The van der Waals surface area contributed by atoms with Crippen LogP contribution in [0.2, 0.25) is 5.02 Å². The van der Waals surface area contributed by atoms with Gasteiger partial charge in [0, 0.05) is 12.3 Å².